The van der Waals surface area contributed by atoms with Crippen molar-refractivity contribution < 1.29 is 14.0 Å². The maximum absolute atomic E-state index is 12.3. The van der Waals surface area contributed by atoms with E-state index in [1.165, 1.54) is 6.26 Å². The Kier molecular flexibility index (Phi) is 2.52. The first-order chi connectivity index (χ1) is 9.06. The van der Waals surface area contributed by atoms with E-state index in [1.54, 1.807) is 37.1 Å². The Balaban J connectivity index is 1.98. The fourth-order valence-corrected chi connectivity index (χ4v) is 2.34. The van der Waals surface area contributed by atoms with Crippen molar-refractivity contribution in [2.45, 2.75) is 13.3 Å². The molecule has 2 heterocycles. The van der Waals surface area contributed by atoms with E-state index in [2.05, 4.69) is 0 Å². The van der Waals surface area contributed by atoms with Crippen LogP contribution in [0.1, 0.15) is 27.2 Å². The second-order valence-electron chi connectivity index (χ2n) is 4.75. The predicted molar refractivity (Wildman–Crippen MR) is 70.4 cm³/mol. The molecule has 0 bridgehead atoms. The zero-order valence-corrected chi connectivity index (χ0v) is 10.8. The van der Waals surface area contributed by atoms with Gasteiger partial charge in [-0.05, 0) is 36.8 Å². The Morgan fingerprint density at radius 1 is 1.26 bits per heavy atom. The van der Waals surface area contributed by atoms with Gasteiger partial charge in [-0.1, -0.05) is 0 Å². The van der Waals surface area contributed by atoms with Crippen LogP contribution in [0.15, 0.2) is 34.9 Å². The first-order valence-electron chi connectivity index (χ1n) is 6.05. The Morgan fingerprint density at radius 2 is 2.05 bits per heavy atom. The molecule has 0 radical (unpaired) electrons. The van der Waals surface area contributed by atoms with Crippen molar-refractivity contribution >= 4 is 17.4 Å². The Labute approximate surface area is 110 Å². The van der Waals surface area contributed by atoms with Crippen molar-refractivity contribution in [2.75, 3.05) is 11.9 Å². The molecule has 1 amide bonds. The number of carbonyl (C=O) groups is 2. The number of amides is 1. The number of benzene rings is 1. The molecule has 0 spiro atoms. The third kappa shape index (κ3) is 1.85. The van der Waals surface area contributed by atoms with Crippen molar-refractivity contribution in [3.63, 3.8) is 0 Å². The number of anilines is 1. The Morgan fingerprint density at radius 3 is 2.74 bits per heavy atom. The van der Waals surface area contributed by atoms with Gasteiger partial charge in [0.25, 0.3) is 0 Å². The molecule has 1 aliphatic heterocycles. The van der Waals surface area contributed by atoms with Crippen molar-refractivity contribution in [1.29, 1.82) is 0 Å². The van der Waals surface area contributed by atoms with Crippen LogP contribution in [0.5, 0.6) is 0 Å². The first kappa shape index (κ1) is 11.7. The molecule has 0 fully saturated rings. The quantitative estimate of drug-likeness (QED) is 0.774. The lowest BCUT2D eigenvalue weighted by Gasteiger charge is -2.09. The minimum absolute atomic E-state index is 0.0544. The lowest BCUT2D eigenvalue weighted by Crippen LogP contribution is -2.20. The van der Waals surface area contributed by atoms with Gasteiger partial charge in [0.2, 0.25) is 5.91 Å². The van der Waals surface area contributed by atoms with Crippen molar-refractivity contribution in [1.82, 2.24) is 0 Å². The van der Waals surface area contributed by atoms with Crippen LogP contribution in [0.4, 0.5) is 5.69 Å². The summed E-state index contributed by atoms with van der Waals surface area (Å²) in [7, 11) is 1.75. The molecule has 0 unspecified atom stereocenters. The normalized spacial score (nSPS) is 13.8. The first-order valence-corrected chi connectivity index (χ1v) is 6.05. The minimum atomic E-state index is -0.0818. The van der Waals surface area contributed by atoms with Crippen LogP contribution in [0.3, 0.4) is 0 Å². The molecule has 0 N–H and O–H groups in total. The van der Waals surface area contributed by atoms with Crippen LogP contribution in [-0.4, -0.2) is 18.7 Å². The molecule has 4 nitrogen and oxygen atoms in total. The number of likely N-dealkylation sites (N-methyl/N-ethyl adjacent to an activating group) is 1. The second kappa shape index (κ2) is 4.09. The van der Waals surface area contributed by atoms with E-state index in [1.807, 2.05) is 6.07 Å². The molecule has 96 valence electrons. The zero-order chi connectivity index (χ0) is 13.6. The zero-order valence-electron chi connectivity index (χ0n) is 10.8. The molecule has 4 heteroatoms. The topological polar surface area (TPSA) is 50.5 Å². The van der Waals surface area contributed by atoms with Crippen LogP contribution >= 0.6 is 0 Å². The third-order valence-electron chi connectivity index (χ3n) is 3.41. The van der Waals surface area contributed by atoms with Crippen LogP contribution in [0, 0.1) is 6.92 Å². The highest BCUT2D eigenvalue weighted by atomic mass is 16.3. The lowest BCUT2D eigenvalue weighted by atomic mass is 10.0. The highest BCUT2D eigenvalue weighted by Crippen LogP contribution is 2.29. The molecule has 1 aromatic heterocycles. The second-order valence-corrected chi connectivity index (χ2v) is 4.75. The number of ketones is 1. The maximum Gasteiger partial charge on any atom is 0.231 e. The summed E-state index contributed by atoms with van der Waals surface area (Å²) in [6.07, 6.45) is 1.82. The molecule has 0 saturated heterocycles. The van der Waals surface area contributed by atoms with Crippen LogP contribution in [0.2, 0.25) is 0 Å². The van der Waals surface area contributed by atoms with Crippen LogP contribution in [0.25, 0.3) is 0 Å². The van der Waals surface area contributed by atoms with E-state index in [4.69, 9.17) is 4.42 Å². The van der Waals surface area contributed by atoms with Gasteiger partial charge in [0.15, 0.2) is 5.78 Å². The monoisotopic (exact) mass is 255 g/mol. The Hall–Kier alpha value is -2.36. The van der Waals surface area contributed by atoms with Gasteiger partial charge in [0, 0.05) is 18.3 Å². The maximum atomic E-state index is 12.3. The fraction of sp³-hybridized carbons (Fsp3) is 0.200. The summed E-state index contributed by atoms with van der Waals surface area (Å²) in [4.78, 5) is 25.5. The average Bonchev–Trinajstić information content (AvgIpc) is 2.94. The van der Waals surface area contributed by atoms with Gasteiger partial charge in [-0.15, -0.1) is 0 Å². The van der Waals surface area contributed by atoms with Gasteiger partial charge in [0.1, 0.15) is 12.0 Å². The van der Waals surface area contributed by atoms with Crippen LogP contribution in [-0.2, 0) is 11.2 Å². The van der Waals surface area contributed by atoms with E-state index in [0.717, 1.165) is 11.3 Å². The van der Waals surface area contributed by atoms with Gasteiger partial charge in [0.05, 0.1) is 12.0 Å². The largest absolute Gasteiger partial charge is 0.469 e. The molecule has 0 atom stereocenters. The molecular weight excluding hydrogens is 242 g/mol. The summed E-state index contributed by atoms with van der Waals surface area (Å²) in [6.45, 7) is 1.80. The van der Waals surface area contributed by atoms with E-state index in [0.29, 0.717) is 23.3 Å². The number of nitrogens with zero attached hydrogens (tertiary/aromatic N) is 1. The van der Waals surface area contributed by atoms with Gasteiger partial charge in [-0.3, -0.25) is 9.59 Å². The van der Waals surface area contributed by atoms with Crippen molar-refractivity contribution in [3.05, 3.63) is 53.0 Å². The van der Waals surface area contributed by atoms with E-state index < -0.39 is 0 Å². The Bertz CT molecular complexity index is 684. The number of fused-ring (bicyclic) bond motifs is 1. The summed E-state index contributed by atoms with van der Waals surface area (Å²) >= 11 is 0. The van der Waals surface area contributed by atoms with Gasteiger partial charge < -0.3 is 9.32 Å². The van der Waals surface area contributed by atoms with Crippen LogP contribution < -0.4 is 4.90 Å². The molecular formula is C15H13NO3. The van der Waals surface area contributed by atoms with E-state index >= 15 is 0 Å². The highest BCUT2D eigenvalue weighted by molar-refractivity contribution is 6.10. The van der Waals surface area contributed by atoms with Crippen molar-refractivity contribution in [3.8, 4) is 0 Å². The summed E-state index contributed by atoms with van der Waals surface area (Å²) in [5.41, 5.74) is 2.90. The summed E-state index contributed by atoms with van der Waals surface area (Å²) < 4.78 is 5.15. The number of aryl methyl sites for hydroxylation is 1. The molecule has 0 aliphatic carbocycles. The standard InChI is InChI=1S/C15H13NO3/c1-9-5-12(8-19-9)15(18)10-3-4-13-11(6-10)7-14(17)16(13)2/h3-6,8H,7H2,1-2H3. The molecule has 1 aromatic carbocycles. The van der Waals surface area contributed by atoms with Crippen molar-refractivity contribution in [2.24, 2.45) is 0 Å². The summed E-state index contributed by atoms with van der Waals surface area (Å²) in [6, 6.07) is 7.08. The summed E-state index contributed by atoms with van der Waals surface area (Å²) in [5.74, 6) is 0.680. The minimum Gasteiger partial charge on any atom is -0.469 e. The number of hydrogen-bond donors (Lipinski definition) is 0. The molecule has 3 rings (SSSR count). The molecule has 1 aliphatic rings. The molecule has 2 aromatic rings. The molecule has 19 heavy (non-hydrogen) atoms. The number of carbonyl (C=O) groups excluding carboxylic acids is 2. The van der Waals surface area contributed by atoms with Gasteiger partial charge in [-0.2, -0.15) is 0 Å². The smallest absolute Gasteiger partial charge is 0.231 e. The molecule has 0 saturated carbocycles. The fourth-order valence-electron chi connectivity index (χ4n) is 2.34. The predicted octanol–water partition coefficient (Wildman–Crippen LogP) is 2.34. The summed E-state index contributed by atoms with van der Waals surface area (Å²) in [5, 5.41) is 0. The third-order valence-corrected chi connectivity index (χ3v) is 3.41. The van der Waals surface area contributed by atoms with Gasteiger partial charge in [-0.25, -0.2) is 0 Å². The SMILES string of the molecule is Cc1cc(C(=O)c2ccc3c(c2)CC(=O)N3C)co1. The number of rotatable bonds is 2. The van der Waals surface area contributed by atoms with E-state index in [-0.39, 0.29) is 11.7 Å². The van der Waals surface area contributed by atoms with E-state index in [9.17, 15) is 9.59 Å². The highest BCUT2D eigenvalue weighted by Gasteiger charge is 2.25. The van der Waals surface area contributed by atoms with Gasteiger partial charge >= 0.3 is 0 Å². The number of furan rings is 1. The lowest BCUT2D eigenvalue weighted by molar-refractivity contribution is -0.117. The number of hydrogen-bond acceptors (Lipinski definition) is 3. The average molecular weight is 255 g/mol.